The van der Waals surface area contributed by atoms with Crippen LogP contribution in [-0.4, -0.2) is 70.7 Å². The molecule has 1 aromatic carbocycles. The maximum Gasteiger partial charge on any atom is 0.227 e. The predicted octanol–water partition coefficient (Wildman–Crippen LogP) is 2.87. The van der Waals surface area contributed by atoms with E-state index in [1.165, 1.54) is 12.8 Å². The van der Waals surface area contributed by atoms with E-state index >= 15 is 0 Å². The standard InChI is InChI=1S/C24H35N5O2S/c1-28-21(26-27-24(28)32-18-15-29-13-16-31-17-14-29)11-12-25-23(30)22(20-9-5-6-10-20)19-7-3-2-4-8-19/h2-4,7-8,20,22H,5-6,9-18H2,1H3,(H,25,30)/t22-/m0/s1. The van der Waals surface area contributed by atoms with Crippen molar-refractivity contribution in [1.82, 2.24) is 25.0 Å². The number of benzene rings is 1. The molecule has 1 saturated heterocycles. The monoisotopic (exact) mass is 457 g/mol. The van der Waals surface area contributed by atoms with Crippen LogP contribution in [0.5, 0.6) is 0 Å². The lowest BCUT2D eigenvalue weighted by Crippen LogP contribution is -2.37. The first-order chi connectivity index (χ1) is 15.7. The van der Waals surface area contributed by atoms with Gasteiger partial charge in [-0.15, -0.1) is 10.2 Å². The van der Waals surface area contributed by atoms with Crippen LogP contribution < -0.4 is 5.32 Å². The quantitative estimate of drug-likeness (QED) is 0.553. The molecule has 0 spiro atoms. The van der Waals surface area contributed by atoms with Crippen LogP contribution in [-0.2, 0) is 23.0 Å². The van der Waals surface area contributed by atoms with Crippen LogP contribution in [0.1, 0.15) is 43.0 Å². The molecular weight excluding hydrogens is 422 g/mol. The summed E-state index contributed by atoms with van der Waals surface area (Å²) >= 11 is 1.74. The molecule has 2 aromatic rings. The van der Waals surface area contributed by atoms with Crippen molar-refractivity contribution >= 4 is 17.7 Å². The first-order valence-electron chi connectivity index (χ1n) is 11.9. The second-order valence-corrected chi connectivity index (χ2v) is 9.80. The molecule has 1 aliphatic carbocycles. The molecule has 7 nitrogen and oxygen atoms in total. The highest BCUT2D eigenvalue weighted by molar-refractivity contribution is 7.99. The zero-order valence-corrected chi connectivity index (χ0v) is 19.9. The van der Waals surface area contributed by atoms with Crippen molar-refractivity contribution in [3.63, 3.8) is 0 Å². The second kappa shape index (κ2) is 11.8. The lowest BCUT2D eigenvalue weighted by atomic mass is 9.84. The Labute approximate surface area is 195 Å². The predicted molar refractivity (Wildman–Crippen MR) is 127 cm³/mol. The topological polar surface area (TPSA) is 72.3 Å². The van der Waals surface area contributed by atoms with Gasteiger partial charge in [-0.2, -0.15) is 0 Å². The SMILES string of the molecule is Cn1c(CCNC(=O)[C@@H](c2ccccc2)C2CCCC2)nnc1SCCN1CCOCC1. The van der Waals surface area contributed by atoms with E-state index in [4.69, 9.17) is 4.74 Å². The Morgan fingerprint density at radius 1 is 1.19 bits per heavy atom. The number of ether oxygens (including phenoxy) is 1. The Morgan fingerprint density at radius 3 is 2.69 bits per heavy atom. The first-order valence-corrected chi connectivity index (χ1v) is 12.8. The van der Waals surface area contributed by atoms with Crippen molar-refractivity contribution in [1.29, 1.82) is 0 Å². The van der Waals surface area contributed by atoms with Crippen molar-refractivity contribution in [2.45, 2.75) is 43.2 Å². The minimum atomic E-state index is -0.0514. The Bertz CT molecular complexity index is 847. The summed E-state index contributed by atoms with van der Waals surface area (Å²) in [7, 11) is 2.01. The number of amides is 1. The zero-order valence-electron chi connectivity index (χ0n) is 19.0. The second-order valence-electron chi connectivity index (χ2n) is 8.73. The molecule has 2 aliphatic rings. The zero-order chi connectivity index (χ0) is 22.2. The Hall–Kier alpha value is -1.90. The molecule has 1 N–H and O–H groups in total. The lowest BCUT2D eigenvalue weighted by molar-refractivity contribution is -0.123. The minimum Gasteiger partial charge on any atom is -0.379 e. The Balaban J connectivity index is 1.26. The number of morpholine rings is 1. The van der Waals surface area contributed by atoms with E-state index in [1.807, 2.05) is 25.2 Å². The van der Waals surface area contributed by atoms with E-state index in [0.29, 0.717) is 18.9 Å². The average molecular weight is 458 g/mol. The number of carbonyl (C=O) groups is 1. The molecule has 2 fully saturated rings. The molecule has 1 saturated carbocycles. The highest BCUT2D eigenvalue weighted by Gasteiger charge is 2.31. The van der Waals surface area contributed by atoms with E-state index in [1.54, 1.807) is 11.8 Å². The van der Waals surface area contributed by atoms with E-state index in [2.05, 4.69) is 37.1 Å². The van der Waals surface area contributed by atoms with Gasteiger partial charge >= 0.3 is 0 Å². The number of aromatic nitrogens is 3. The van der Waals surface area contributed by atoms with E-state index < -0.39 is 0 Å². The number of nitrogens with zero attached hydrogens (tertiary/aromatic N) is 4. The van der Waals surface area contributed by atoms with Crippen molar-refractivity contribution < 1.29 is 9.53 Å². The maximum atomic E-state index is 13.1. The van der Waals surface area contributed by atoms with Crippen LogP contribution in [0.3, 0.4) is 0 Å². The van der Waals surface area contributed by atoms with Crippen molar-refractivity contribution in [2.75, 3.05) is 45.1 Å². The molecule has 0 bridgehead atoms. The van der Waals surface area contributed by atoms with Gasteiger partial charge < -0.3 is 14.6 Å². The third-order valence-corrected chi connectivity index (χ3v) is 7.63. The maximum absolute atomic E-state index is 13.1. The molecule has 8 heteroatoms. The van der Waals surface area contributed by atoms with Crippen LogP contribution in [0.4, 0.5) is 0 Å². The van der Waals surface area contributed by atoms with Gasteiger partial charge in [-0.1, -0.05) is 54.9 Å². The number of rotatable bonds is 10. The smallest absolute Gasteiger partial charge is 0.227 e. The third kappa shape index (κ3) is 6.11. The summed E-state index contributed by atoms with van der Waals surface area (Å²) in [6.45, 7) is 5.30. The van der Waals surface area contributed by atoms with Crippen LogP contribution >= 0.6 is 11.8 Å². The fourth-order valence-electron chi connectivity index (χ4n) is 4.78. The van der Waals surface area contributed by atoms with Crippen LogP contribution in [0, 0.1) is 5.92 Å². The highest BCUT2D eigenvalue weighted by atomic mass is 32.2. The van der Waals surface area contributed by atoms with E-state index in [9.17, 15) is 4.79 Å². The van der Waals surface area contributed by atoms with Gasteiger partial charge in [0.2, 0.25) is 5.91 Å². The number of hydrogen-bond donors (Lipinski definition) is 1. The molecule has 0 unspecified atom stereocenters. The van der Waals surface area contributed by atoms with Gasteiger partial charge in [-0.3, -0.25) is 9.69 Å². The molecule has 2 heterocycles. The van der Waals surface area contributed by atoms with Gasteiger partial charge in [0.25, 0.3) is 0 Å². The Kier molecular flexibility index (Phi) is 8.59. The largest absolute Gasteiger partial charge is 0.379 e. The fraction of sp³-hybridized carbons (Fsp3) is 0.625. The summed E-state index contributed by atoms with van der Waals surface area (Å²) in [5.74, 6) is 2.44. The van der Waals surface area contributed by atoms with Crippen molar-refractivity contribution in [3.8, 4) is 0 Å². The van der Waals surface area contributed by atoms with Crippen molar-refractivity contribution in [2.24, 2.45) is 13.0 Å². The van der Waals surface area contributed by atoms with Crippen LogP contribution in [0.25, 0.3) is 0 Å². The minimum absolute atomic E-state index is 0.0514. The van der Waals surface area contributed by atoms with E-state index in [0.717, 1.165) is 68.0 Å². The van der Waals surface area contributed by atoms with Gasteiger partial charge in [0.1, 0.15) is 5.82 Å². The molecule has 4 rings (SSSR count). The first kappa shape index (κ1) is 23.3. The van der Waals surface area contributed by atoms with Gasteiger partial charge in [-0.05, 0) is 24.3 Å². The van der Waals surface area contributed by atoms with Gasteiger partial charge in [0, 0.05) is 45.4 Å². The van der Waals surface area contributed by atoms with Gasteiger partial charge in [0.15, 0.2) is 5.16 Å². The highest BCUT2D eigenvalue weighted by Crippen LogP contribution is 2.37. The molecule has 174 valence electrons. The van der Waals surface area contributed by atoms with Crippen molar-refractivity contribution in [3.05, 3.63) is 41.7 Å². The summed E-state index contributed by atoms with van der Waals surface area (Å²) < 4.78 is 7.46. The summed E-state index contributed by atoms with van der Waals surface area (Å²) in [6.07, 6.45) is 5.42. The molecule has 0 radical (unpaired) electrons. The van der Waals surface area contributed by atoms with E-state index in [-0.39, 0.29) is 11.8 Å². The van der Waals surface area contributed by atoms with Gasteiger partial charge in [-0.25, -0.2) is 0 Å². The fourth-order valence-corrected chi connectivity index (χ4v) is 5.71. The summed E-state index contributed by atoms with van der Waals surface area (Å²) in [5, 5.41) is 12.8. The normalized spacial score (nSPS) is 18.7. The molecule has 1 aromatic heterocycles. The summed E-state index contributed by atoms with van der Waals surface area (Å²) in [4.78, 5) is 15.6. The van der Waals surface area contributed by atoms with Crippen LogP contribution in [0.15, 0.2) is 35.5 Å². The molecule has 1 amide bonds. The third-order valence-electron chi connectivity index (χ3n) is 6.63. The van der Waals surface area contributed by atoms with Crippen LogP contribution in [0.2, 0.25) is 0 Å². The summed E-state index contributed by atoms with van der Waals surface area (Å²) in [5.41, 5.74) is 1.13. The molecule has 1 aliphatic heterocycles. The molecule has 32 heavy (non-hydrogen) atoms. The molecular formula is C24H35N5O2S. The summed E-state index contributed by atoms with van der Waals surface area (Å²) in [6, 6.07) is 10.2. The lowest BCUT2D eigenvalue weighted by Gasteiger charge is -2.26. The number of hydrogen-bond acceptors (Lipinski definition) is 6. The number of carbonyl (C=O) groups excluding carboxylic acids is 1. The Morgan fingerprint density at radius 2 is 1.94 bits per heavy atom. The average Bonchev–Trinajstić information content (AvgIpc) is 3.47. The number of nitrogens with one attached hydrogen (secondary N) is 1. The number of thioether (sulfide) groups is 1. The molecule has 1 atom stereocenters. The van der Waals surface area contributed by atoms with Gasteiger partial charge in [0.05, 0.1) is 19.1 Å².